The maximum atomic E-state index is 12.0. The summed E-state index contributed by atoms with van der Waals surface area (Å²) in [4.78, 5) is 20.3. The van der Waals surface area contributed by atoms with Gasteiger partial charge in [0.2, 0.25) is 0 Å². The van der Waals surface area contributed by atoms with Crippen LogP contribution in [-0.4, -0.2) is 52.1 Å². The van der Waals surface area contributed by atoms with Crippen molar-refractivity contribution < 1.29 is 9.53 Å². The Balaban J connectivity index is 0.00000625. The molecule has 1 rings (SSSR count). The minimum atomic E-state index is -0.521. The number of aliphatic imine (C=N–C) groups is 1. The van der Waals surface area contributed by atoms with Crippen LogP contribution in [0.4, 0.5) is 4.79 Å². The molecule has 0 saturated carbocycles. The lowest BCUT2D eigenvalue weighted by Gasteiger charge is -2.26. The van der Waals surface area contributed by atoms with E-state index in [9.17, 15) is 4.79 Å². The lowest BCUT2D eigenvalue weighted by molar-refractivity contribution is 0.0491. The van der Waals surface area contributed by atoms with Gasteiger partial charge in [0, 0.05) is 20.6 Å². The minimum Gasteiger partial charge on any atom is -0.444 e. The number of aromatic nitrogens is 3. The van der Waals surface area contributed by atoms with E-state index in [1.165, 1.54) is 6.33 Å². The number of alkyl carbamates (subject to hydrolysis) is 1. The molecule has 0 spiro atoms. The second kappa shape index (κ2) is 11.2. The summed E-state index contributed by atoms with van der Waals surface area (Å²) >= 11 is 0. The zero-order valence-corrected chi connectivity index (χ0v) is 19.0. The highest BCUT2D eigenvalue weighted by molar-refractivity contribution is 14.0. The summed E-state index contributed by atoms with van der Waals surface area (Å²) in [7, 11) is 3.53. The van der Waals surface area contributed by atoms with Gasteiger partial charge in [-0.1, -0.05) is 13.8 Å². The van der Waals surface area contributed by atoms with Crippen molar-refractivity contribution in [3.8, 4) is 0 Å². The summed E-state index contributed by atoms with van der Waals surface area (Å²) in [6.07, 6.45) is 1.09. The van der Waals surface area contributed by atoms with E-state index in [0.717, 1.165) is 5.82 Å². The standard InChI is InChI=1S/C16H31N7O2.HI/c1-11(2)12(22-15(24)25-16(3,4)5)8-18-14(17-6)19-9-13-20-10-21-23(13)7;/h10-12H,8-9H2,1-7H3,(H,22,24)(H2,17,18,19);1H. The van der Waals surface area contributed by atoms with Crippen molar-refractivity contribution >= 4 is 36.0 Å². The first kappa shape index (κ1) is 24.4. The number of carbonyl (C=O) groups is 1. The lowest BCUT2D eigenvalue weighted by atomic mass is 10.0. The van der Waals surface area contributed by atoms with Crippen LogP contribution in [0, 0.1) is 5.92 Å². The summed E-state index contributed by atoms with van der Waals surface area (Å²) in [6, 6.07) is -0.0942. The van der Waals surface area contributed by atoms with E-state index in [4.69, 9.17) is 4.74 Å². The van der Waals surface area contributed by atoms with Gasteiger partial charge in [0.05, 0.1) is 12.6 Å². The van der Waals surface area contributed by atoms with E-state index >= 15 is 0 Å². The molecule has 150 valence electrons. The number of nitrogens with zero attached hydrogens (tertiary/aromatic N) is 4. The highest BCUT2D eigenvalue weighted by atomic mass is 127. The first-order valence-corrected chi connectivity index (χ1v) is 8.39. The van der Waals surface area contributed by atoms with E-state index in [2.05, 4.69) is 31.0 Å². The highest BCUT2D eigenvalue weighted by Gasteiger charge is 2.21. The van der Waals surface area contributed by atoms with Crippen molar-refractivity contribution in [2.75, 3.05) is 13.6 Å². The van der Waals surface area contributed by atoms with Gasteiger partial charge in [-0.15, -0.1) is 24.0 Å². The molecule has 0 bridgehead atoms. The maximum Gasteiger partial charge on any atom is 0.407 e. The summed E-state index contributed by atoms with van der Waals surface area (Å²) in [5.74, 6) is 1.66. The molecule has 1 unspecified atom stereocenters. The molecule has 10 heteroatoms. The van der Waals surface area contributed by atoms with Crippen LogP contribution in [0.3, 0.4) is 0 Å². The zero-order chi connectivity index (χ0) is 19.0. The molecule has 0 radical (unpaired) electrons. The summed E-state index contributed by atoms with van der Waals surface area (Å²) < 4.78 is 7.02. The van der Waals surface area contributed by atoms with Crippen molar-refractivity contribution in [1.82, 2.24) is 30.7 Å². The molecule has 0 aliphatic carbocycles. The molecule has 0 fully saturated rings. The molecule has 1 atom stereocenters. The average molecular weight is 481 g/mol. The smallest absolute Gasteiger partial charge is 0.407 e. The predicted octanol–water partition coefficient (Wildman–Crippen LogP) is 1.65. The van der Waals surface area contributed by atoms with Gasteiger partial charge in [-0.3, -0.25) is 9.67 Å². The van der Waals surface area contributed by atoms with Crippen molar-refractivity contribution in [2.45, 2.75) is 52.8 Å². The first-order valence-electron chi connectivity index (χ1n) is 8.39. The normalized spacial score (nSPS) is 13.0. The number of nitrogens with one attached hydrogen (secondary N) is 3. The van der Waals surface area contributed by atoms with Gasteiger partial charge in [-0.25, -0.2) is 9.78 Å². The topological polar surface area (TPSA) is 105 Å². The molecule has 9 nitrogen and oxygen atoms in total. The van der Waals surface area contributed by atoms with E-state index in [-0.39, 0.29) is 35.9 Å². The van der Waals surface area contributed by atoms with Gasteiger partial charge in [0.15, 0.2) is 5.96 Å². The maximum absolute atomic E-state index is 12.0. The van der Waals surface area contributed by atoms with Crippen LogP contribution in [-0.2, 0) is 18.3 Å². The summed E-state index contributed by atoms with van der Waals surface area (Å²) in [5.41, 5.74) is -0.521. The van der Waals surface area contributed by atoms with E-state index in [1.807, 2.05) is 41.7 Å². The SMILES string of the molecule is CN=C(NCc1ncnn1C)NCC(NC(=O)OC(C)(C)C)C(C)C.I. The highest BCUT2D eigenvalue weighted by Crippen LogP contribution is 2.08. The molecule has 0 saturated heterocycles. The van der Waals surface area contributed by atoms with Gasteiger partial charge < -0.3 is 20.7 Å². The second-order valence-electron chi connectivity index (χ2n) is 7.10. The second-order valence-corrected chi connectivity index (χ2v) is 7.10. The predicted molar refractivity (Wildman–Crippen MR) is 113 cm³/mol. The fourth-order valence-corrected chi connectivity index (χ4v) is 1.98. The monoisotopic (exact) mass is 481 g/mol. The Morgan fingerprint density at radius 3 is 2.46 bits per heavy atom. The van der Waals surface area contributed by atoms with Crippen molar-refractivity contribution in [2.24, 2.45) is 18.0 Å². The quantitative estimate of drug-likeness (QED) is 0.324. The van der Waals surface area contributed by atoms with Crippen LogP contribution in [0.1, 0.15) is 40.4 Å². The number of hydrogen-bond donors (Lipinski definition) is 3. The van der Waals surface area contributed by atoms with Crippen LogP contribution in [0.5, 0.6) is 0 Å². The van der Waals surface area contributed by atoms with Gasteiger partial charge in [0.25, 0.3) is 0 Å². The number of carbonyl (C=O) groups excluding carboxylic acids is 1. The fourth-order valence-electron chi connectivity index (χ4n) is 1.98. The average Bonchev–Trinajstić information content (AvgIpc) is 2.89. The molecular weight excluding hydrogens is 449 g/mol. The molecule has 0 aliphatic rings. The molecule has 0 aliphatic heterocycles. The van der Waals surface area contributed by atoms with Crippen LogP contribution < -0.4 is 16.0 Å². The van der Waals surface area contributed by atoms with Gasteiger partial charge in [0.1, 0.15) is 17.8 Å². The number of ether oxygens (including phenoxy) is 1. The molecule has 3 N–H and O–H groups in total. The first-order chi connectivity index (χ1) is 11.6. The zero-order valence-electron chi connectivity index (χ0n) is 16.7. The Labute approximate surface area is 172 Å². The fraction of sp³-hybridized carbons (Fsp3) is 0.750. The minimum absolute atomic E-state index is 0. The van der Waals surface area contributed by atoms with E-state index in [0.29, 0.717) is 19.0 Å². The Morgan fingerprint density at radius 2 is 2.00 bits per heavy atom. The molecule has 0 aromatic carbocycles. The van der Waals surface area contributed by atoms with Crippen LogP contribution in [0.15, 0.2) is 11.3 Å². The Bertz CT molecular complexity index is 581. The Morgan fingerprint density at radius 1 is 1.35 bits per heavy atom. The Kier molecular flexibility index (Phi) is 10.5. The molecule has 26 heavy (non-hydrogen) atoms. The third kappa shape index (κ3) is 9.20. The van der Waals surface area contributed by atoms with Gasteiger partial charge in [-0.05, 0) is 26.7 Å². The largest absolute Gasteiger partial charge is 0.444 e. The summed E-state index contributed by atoms with van der Waals surface area (Å²) in [6.45, 7) is 10.6. The number of guanidine groups is 1. The van der Waals surface area contributed by atoms with Gasteiger partial charge in [-0.2, -0.15) is 5.10 Å². The number of hydrogen-bond acceptors (Lipinski definition) is 5. The number of amides is 1. The molecule has 1 amide bonds. The van der Waals surface area contributed by atoms with Crippen molar-refractivity contribution in [1.29, 1.82) is 0 Å². The summed E-state index contributed by atoms with van der Waals surface area (Å²) in [5, 5.41) is 13.3. The lowest BCUT2D eigenvalue weighted by Crippen LogP contribution is -2.50. The Hall–Kier alpha value is -1.59. The van der Waals surface area contributed by atoms with Crippen molar-refractivity contribution in [3.05, 3.63) is 12.2 Å². The number of rotatable bonds is 6. The third-order valence-corrected chi connectivity index (χ3v) is 3.44. The molecule has 1 heterocycles. The third-order valence-electron chi connectivity index (χ3n) is 3.44. The van der Waals surface area contributed by atoms with Crippen LogP contribution in [0.2, 0.25) is 0 Å². The number of halogens is 1. The van der Waals surface area contributed by atoms with E-state index in [1.54, 1.807) is 11.7 Å². The molecule has 1 aromatic heterocycles. The molecular formula is C16H32IN7O2. The van der Waals surface area contributed by atoms with Gasteiger partial charge >= 0.3 is 6.09 Å². The van der Waals surface area contributed by atoms with E-state index < -0.39 is 11.7 Å². The van der Waals surface area contributed by atoms with Crippen molar-refractivity contribution in [3.63, 3.8) is 0 Å². The molecule has 1 aromatic rings. The van der Waals surface area contributed by atoms with Crippen LogP contribution >= 0.6 is 24.0 Å². The number of aryl methyl sites for hydroxylation is 1. The van der Waals surface area contributed by atoms with Crippen LogP contribution in [0.25, 0.3) is 0 Å².